The van der Waals surface area contributed by atoms with E-state index in [1.807, 2.05) is 24.4 Å². The normalized spacial score (nSPS) is 24.6. The van der Waals surface area contributed by atoms with Crippen LogP contribution in [0, 0.1) is 5.92 Å². The first kappa shape index (κ1) is 19.3. The summed E-state index contributed by atoms with van der Waals surface area (Å²) in [6, 6.07) is 5.92. The summed E-state index contributed by atoms with van der Waals surface area (Å²) < 4.78 is 0. The number of likely N-dealkylation sites (tertiary alicyclic amines) is 1. The van der Waals surface area contributed by atoms with Crippen LogP contribution in [0.5, 0.6) is 0 Å². The molecule has 25 heavy (non-hydrogen) atoms. The average Bonchev–Trinajstić information content (AvgIpc) is 2.92. The monoisotopic (exact) mass is 416 g/mol. The first-order valence-electron chi connectivity index (χ1n) is 8.43. The lowest BCUT2D eigenvalue weighted by molar-refractivity contribution is 0.234. The van der Waals surface area contributed by atoms with E-state index in [9.17, 15) is 0 Å². The maximum atomic E-state index is 6.18. The summed E-state index contributed by atoms with van der Waals surface area (Å²) in [6.45, 7) is 2.85. The number of hydrogen-bond acceptors (Lipinski definition) is 2. The molecule has 1 saturated heterocycles. The maximum Gasteiger partial charge on any atom is 0.0545 e. The van der Waals surface area contributed by atoms with Gasteiger partial charge in [-0.15, -0.1) is 0 Å². The highest BCUT2D eigenvalue weighted by Crippen LogP contribution is 2.29. The van der Waals surface area contributed by atoms with Crippen LogP contribution in [0.25, 0.3) is 0 Å². The van der Waals surface area contributed by atoms with Crippen molar-refractivity contribution < 1.29 is 0 Å². The predicted molar refractivity (Wildman–Crippen MR) is 109 cm³/mol. The Hall–Kier alpha value is -0.510. The molecule has 2 nitrogen and oxygen atoms in total. The number of nitrogens with zero attached hydrogens (tertiary/aromatic N) is 2. The number of halogens is 4. The van der Waals surface area contributed by atoms with Crippen LogP contribution in [0.3, 0.4) is 0 Å². The Balaban J connectivity index is 1.57. The van der Waals surface area contributed by atoms with Crippen molar-refractivity contribution in [2.45, 2.75) is 25.3 Å². The van der Waals surface area contributed by atoms with Gasteiger partial charge in [0.15, 0.2) is 0 Å². The number of hydrogen-bond donors (Lipinski definition) is 0. The second-order valence-electron chi connectivity index (χ2n) is 6.59. The Morgan fingerprint density at radius 1 is 1.12 bits per heavy atom. The van der Waals surface area contributed by atoms with Crippen LogP contribution < -0.4 is 0 Å². The molecule has 3 rings (SSSR count). The van der Waals surface area contributed by atoms with E-state index in [0.717, 1.165) is 41.7 Å². The minimum Gasteiger partial charge on any atom is -0.298 e. The maximum absolute atomic E-state index is 6.18. The van der Waals surface area contributed by atoms with E-state index in [1.165, 1.54) is 12.8 Å². The Morgan fingerprint density at radius 2 is 1.88 bits per heavy atom. The summed E-state index contributed by atoms with van der Waals surface area (Å²) in [7, 11) is 0. The van der Waals surface area contributed by atoms with Gasteiger partial charge in [-0.3, -0.25) is 9.89 Å². The third kappa shape index (κ3) is 5.74. The van der Waals surface area contributed by atoms with E-state index in [4.69, 9.17) is 46.4 Å². The molecule has 0 saturated carbocycles. The molecule has 2 aliphatic rings. The van der Waals surface area contributed by atoms with Gasteiger partial charge in [0.05, 0.1) is 6.54 Å². The molecule has 0 spiro atoms. The summed E-state index contributed by atoms with van der Waals surface area (Å²) in [4.78, 5) is 7.12. The van der Waals surface area contributed by atoms with Crippen LogP contribution in [-0.2, 0) is 0 Å². The van der Waals surface area contributed by atoms with Crippen LogP contribution in [-0.4, -0.2) is 36.8 Å². The Labute approximate surface area is 169 Å². The molecule has 0 radical (unpaired) electrons. The zero-order valence-corrected chi connectivity index (χ0v) is 16.8. The van der Waals surface area contributed by atoms with Crippen LogP contribution in [0.2, 0.25) is 10.0 Å². The van der Waals surface area contributed by atoms with Gasteiger partial charge in [-0.25, -0.2) is 0 Å². The van der Waals surface area contributed by atoms with Crippen LogP contribution in [0.15, 0.2) is 45.4 Å². The SMILES string of the molecule is ClC1=CC(CN2CCCC2C/N=C/c2cc(Cl)cc(Cl)c2)CC(Cl)=C1. The van der Waals surface area contributed by atoms with E-state index in [1.54, 1.807) is 6.07 Å². The van der Waals surface area contributed by atoms with Crippen molar-refractivity contribution in [3.05, 3.63) is 56.0 Å². The molecule has 6 heteroatoms. The molecule has 1 heterocycles. The summed E-state index contributed by atoms with van der Waals surface area (Å²) in [5, 5.41) is 2.83. The van der Waals surface area contributed by atoms with Crippen molar-refractivity contribution in [3.8, 4) is 0 Å². The van der Waals surface area contributed by atoms with Gasteiger partial charge in [0.1, 0.15) is 0 Å². The number of aliphatic imine (C=N–C) groups is 1. The van der Waals surface area contributed by atoms with Crippen molar-refractivity contribution in [1.82, 2.24) is 4.90 Å². The molecule has 0 amide bonds. The number of benzene rings is 1. The third-order valence-electron chi connectivity index (χ3n) is 4.56. The highest BCUT2D eigenvalue weighted by atomic mass is 35.5. The molecule has 0 N–H and O–H groups in total. The molecular weight excluding hydrogens is 398 g/mol. The molecule has 1 aromatic rings. The van der Waals surface area contributed by atoms with Crippen LogP contribution >= 0.6 is 46.4 Å². The van der Waals surface area contributed by atoms with Gasteiger partial charge in [-0.05, 0) is 61.6 Å². The van der Waals surface area contributed by atoms with E-state index in [2.05, 4.69) is 16.0 Å². The van der Waals surface area contributed by atoms with Gasteiger partial charge < -0.3 is 0 Å². The lowest BCUT2D eigenvalue weighted by Gasteiger charge is -2.28. The fraction of sp³-hybridized carbons (Fsp3) is 0.421. The van der Waals surface area contributed by atoms with Gasteiger partial charge in [-0.2, -0.15) is 0 Å². The number of rotatable bonds is 5. The summed E-state index contributed by atoms with van der Waals surface area (Å²) >= 11 is 24.4. The Bertz CT molecular complexity index is 691. The summed E-state index contributed by atoms with van der Waals surface area (Å²) in [6.07, 6.45) is 9.04. The van der Waals surface area contributed by atoms with Gasteiger partial charge in [0.2, 0.25) is 0 Å². The lowest BCUT2D eigenvalue weighted by Crippen LogP contribution is -2.35. The Morgan fingerprint density at radius 3 is 2.60 bits per heavy atom. The van der Waals surface area contributed by atoms with Gasteiger partial charge >= 0.3 is 0 Å². The fourth-order valence-electron chi connectivity index (χ4n) is 3.48. The quantitative estimate of drug-likeness (QED) is 0.525. The molecule has 134 valence electrons. The summed E-state index contributed by atoms with van der Waals surface area (Å²) in [5.74, 6) is 0.376. The Kier molecular flexibility index (Phi) is 6.87. The van der Waals surface area contributed by atoms with Gasteiger partial charge in [0.25, 0.3) is 0 Å². The molecule has 1 aromatic carbocycles. The first-order chi connectivity index (χ1) is 12.0. The highest BCUT2D eigenvalue weighted by molar-refractivity contribution is 6.35. The molecule has 1 aliphatic heterocycles. The molecule has 2 atom stereocenters. The molecule has 0 bridgehead atoms. The van der Waals surface area contributed by atoms with Gasteiger partial charge in [0, 0.05) is 38.9 Å². The smallest absolute Gasteiger partial charge is 0.0545 e. The largest absolute Gasteiger partial charge is 0.298 e. The van der Waals surface area contributed by atoms with E-state index < -0.39 is 0 Å². The number of allylic oxidation sites excluding steroid dienone is 3. The van der Waals surface area contributed by atoms with Crippen molar-refractivity contribution in [2.75, 3.05) is 19.6 Å². The van der Waals surface area contributed by atoms with Crippen molar-refractivity contribution in [3.63, 3.8) is 0 Å². The van der Waals surface area contributed by atoms with Crippen LogP contribution in [0.1, 0.15) is 24.8 Å². The molecule has 1 fully saturated rings. The predicted octanol–water partition coefficient (Wildman–Crippen LogP) is 6.14. The molecular formula is C19H20Cl4N2. The first-order valence-corrected chi connectivity index (χ1v) is 9.94. The van der Waals surface area contributed by atoms with E-state index in [0.29, 0.717) is 22.0 Å². The van der Waals surface area contributed by atoms with E-state index in [-0.39, 0.29) is 0 Å². The molecule has 2 unspecified atom stereocenters. The van der Waals surface area contributed by atoms with Crippen molar-refractivity contribution in [1.29, 1.82) is 0 Å². The molecule has 1 aliphatic carbocycles. The van der Waals surface area contributed by atoms with Crippen molar-refractivity contribution >= 4 is 52.6 Å². The minimum absolute atomic E-state index is 0.376. The lowest BCUT2D eigenvalue weighted by atomic mass is 9.99. The highest BCUT2D eigenvalue weighted by Gasteiger charge is 2.27. The summed E-state index contributed by atoms with van der Waals surface area (Å²) in [5.41, 5.74) is 0.931. The average molecular weight is 418 g/mol. The minimum atomic E-state index is 0.376. The standard InChI is InChI=1S/C19H20Cl4N2/c20-15-4-13(5-16(21)8-15)10-24-11-19-2-1-3-25(19)12-14-6-17(22)9-18(23)7-14/h4-6,8-10,14,19H,1-3,7,11-12H2/b24-10+. The zero-order valence-electron chi connectivity index (χ0n) is 13.8. The van der Waals surface area contributed by atoms with E-state index >= 15 is 0 Å². The zero-order chi connectivity index (χ0) is 17.8. The van der Waals surface area contributed by atoms with Gasteiger partial charge in [-0.1, -0.05) is 52.5 Å². The van der Waals surface area contributed by atoms with Crippen molar-refractivity contribution in [2.24, 2.45) is 10.9 Å². The fourth-order valence-corrected chi connectivity index (χ4v) is 4.71. The second-order valence-corrected chi connectivity index (χ2v) is 8.39. The second kappa shape index (κ2) is 8.92. The topological polar surface area (TPSA) is 15.6 Å². The molecule has 0 aromatic heterocycles. The van der Waals surface area contributed by atoms with Crippen LogP contribution in [0.4, 0.5) is 0 Å². The third-order valence-corrected chi connectivity index (χ3v) is 5.49.